The molecule has 36 heavy (non-hydrogen) atoms. The smallest absolute Gasteiger partial charge is 0.268 e. The highest BCUT2D eigenvalue weighted by atomic mass is 35.5. The number of hydrogen-bond donors (Lipinski definition) is 3. The number of anilines is 1. The van der Waals surface area contributed by atoms with Gasteiger partial charge in [-0.3, -0.25) is 9.59 Å². The van der Waals surface area contributed by atoms with Crippen molar-refractivity contribution in [2.45, 2.75) is 58.0 Å². The van der Waals surface area contributed by atoms with Crippen LogP contribution in [0.2, 0.25) is 5.02 Å². The summed E-state index contributed by atoms with van der Waals surface area (Å²) in [5.74, 6) is 0.111. The number of hydrogen-bond acceptors (Lipinski definition) is 3. The Hall–Kier alpha value is -2.99. The van der Waals surface area contributed by atoms with Gasteiger partial charge in [-0.25, -0.2) is 0 Å². The lowest BCUT2D eigenvalue weighted by Crippen LogP contribution is -2.51. The molecule has 0 radical (unpaired) electrons. The number of fused-ring (bicyclic) bond motifs is 1. The second-order valence-electron chi connectivity index (χ2n) is 10.3. The van der Waals surface area contributed by atoms with Gasteiger partial charge in [0.1, 0.15) is 5.69 Å². The van der Waals surface area contributed by atoms with Crippen LogP contribution in [0.3, 0.4) is 0 Å². The summed E-state index contributed by atoms with van der Waals surface area (Å²) in [5, 5.41) is 11.6. The Morgan fingerprint density at radius 1 is 1.06 bits per heavy atom. The first-order valence-corrected chi connectivity index (χ1v) is 13.3. The molecule has 0 spiro atoms. The Bertz CT molecular complexity index is 1190. The number of amides is 2. The molecule has 1 fully saturated rings. The maximum Gasteiger partial charge on any atom is 0.268 e. The Morgan fingerprint density at radius 2 is 1.78 bits per heavy atom. The zero-order valence-electron chi connectivity index (χ0n) is 21.4. The highest BCUT2D eigenvalue weighted by molar-refractivity contribution is 6.30. The molecule has 6 nitrogen and oxygen atoms in total. The third kappa shape index (κ3) is 6.41. The largest absolute Gasteiger partial charge is 0.383 e. The lowest BCUT2D eigenvalue weighted by Gasteiger charge is -2.33. The van der Waals surface area contributed by atoms with E-state index < -0.39 is 0 Å². The first-order valence-electron chi connectivity index (χ1n) is 13.0. The Labute approximate surface area is 218 Å². The van der Waals surface area contributed by atoms with Gasteiger partial charge in [0.25, 0.3) is 5.91 Å². The minimum absolute atomic E-state index is 0.00960. The number of carbonyl (C=O) groups excluding carboxylic acids is 2. The van der Waals surface area contributed by atoms with Gasteiger partial charge in [-0.1, -0.05) is 56.5 Å². The summed E-state index contributed by atoms with van der Waals surface area (Å²) in [6.45, 7) is 4.95. The minimum Gasteiger partial charge on any atom is -0.383 e. The van der Waals surface area contributed by atoms with Gasteiger partial charge in [-0.2, -0.15) is 0 Å². The molecule has 2 amide bonds. The molecule has 2 aromatic carbocycles. The highest BCUT2D eigenvalue weighted by Gasteiger charge is 2.33. The first kappa shape index (κ1) is 26.1. The van der Waals surface area contributed by atoms with Crippen molar-refractivity contribution in [3.8, 4) is 0 Å². The van der Waals surface area contributed by atoms with E-state index >= 15 is 0 Å². The quantitative estimate of drug-likeness (QED) is 0.344. The van der Waals surface area contributed by atoms with Gasteiger partial charge in [0.15, 0.2) is 0 Å². The van der Waals surface area contributed by atoms with Crippen LogP contribution in [0.5, 0.6) is 0 Å². The lowest BCUT2D eigenvalue weighted by atomic mass is 9.83. The van der Waals surface area contributed by atoms with Crippen molar-refractivity contribution < 1.29 is 9.59 Å². The van der Waals surface area contributed by atoms with Gasteiger partial charge in [0.2, 0.25) is 5.91 Å². The van der Waals surface area contributed by atoms with E-state index in [1.165, 1.54) is 0 Å². The molecule has 0 unspecified atom stereocenters. The average Bonchev–Trinajstić information content (AvgIpc) is 3.20. The van der Waals surface area contributed by atoms with E-state index in [0.717, 1.165) is 48.7 Å². The molecule has 3 atom stereocenters. The second-order valence-corrected chi connectivity index (χ2v) is 10.8. The molecule has 1 aliphatic carbocycles. The van der Waals surface area contributed by atoms with Crippen molar-refractivity contribution in [2.75, 3.05) is 11.9 Å². The highest BCUT2D eigenvalue weighted by Crippen LogP contribution is 2.26. The number of aromatic nitrogens is 1. The first-order chi connectivity index (χ1) is 17.3. The van der Waals surface area contributed by atoms with E-state index in [0.29, 0.717) is 23.2 Å². The van der Waals surface area contributed by atoms with E-state index in [2.05, 4.69) is 29.8 Å². The lowest BCUT2D eigenvalue weighted by molar-refractivity contribution is -0.127. The zero-order chi connectivity index (χ0) is 25.7. The summed E-state index contributed by atoms with van der Waals surface area (Å²) in [7, 11) is 1.91. The number of benzene rings is 2. The van der Waals surface area contributed by atoms with Crippen molar-refractivity contribution >= 4 is 40.0 Å². The topological polar surface area (TPSA) is 75.2 Å². The Kier molecular flexibility index (Phi) is 8.57. The van der Waals surface area contributed by atoms with Crippen LogP contribution in [0.25, 0.3) is 10.9 Å². The van der Waals surface area contributed by atoms with Crippen LogP contribution < -0.4 is 16.0 Å². The molecule has 0 aliphatic heterocycles. The van der Waals surface area contributed by atoms with Crippen LogP contribution in [0.1, 0.15) is 56.4 Å². The molecule has 7 heteroatoms. The summed E-state index contributed by atoms with van der Waals surface area (Å²) in [5.41, 5.74) is 2.61. The van der Waals surface area contributed by atoms with E-state index in [9.17, 15) is 9.59 Å². The van der Waals surface area contributed by atoms with Crippen molar-refractivity contribution in [2.24, 2.45) is 18.9 Å². The standard InChI is InChI=1S/C29H37ClN4O2/c1-19(2)16-23(18-31-22-14-12-21(30)13-15-22)32-28(35)24-9-5-6-10-25(24)33-29(36)27-17-20-8-4-7-11-26(20)34(27)3/h4,7-8,11-15,17,19,23-25,31H,5-6,9-10,16,18H2,1-3H3,(H,32,35)(H,33,36)/t23-,24+,25-/m0/s1. The van der Waals surface area contributed by atoms with Crippen molar-refractivity contribution in [1.29, 1.82) is 0 Å². The number of nitrogens with one attached hydrogen (secondary N) is 3. The van der Waals surface area contributed by atoms with Crippen molar-refractivity contribution in [3.05, 3.63) is 65.3 Å². The molecule has 1 saturated carbocycles. The SMILES string of the molecule is CC(C)C[C@@H](CNc1ccc(Cl)cc1)NC(=O)[C@@H]1CCCC[C@@H]1NC(=O)c1cc2ccccc2n1C. The van der Waals surface area contributed by atoms with Crippen LogP contribution in [-0.2, 0) is 11.8 Å². The van der Waals surface area contributed by atoms with E-state index in [1.807, 2.05) is 66.2 Å². The molecule has 3 N–H and O–H groups in total. The normalized spacial score (nSPS) is 18.7. The second kappa shape index (κ2) is 11.8. The van der Waals surface area contributed by atoms with E-state index in [4.69, 9.17) is 11.6 Å². The third-order valence-corrected chi connectivity index (χ3v) is 7.35. The fraction of sp³-hybridized carbons (Fsp3) is 0.448. The molecule has 3 aromatic rings. The Balaban J connectivity index is 1.42. The van der Waals surface area contributed by atoms with Gasteiger partial charge in [0, 0.05) is 47.3 Å². The number of carbonyl (C=O) groups is 2. The van der Waals surface area contributed by atoms with Gasteiger partial charge in [0.05, 0.1) is 5.92 Å². The molecule has 0 bridgehead atoms. The average molecular weight is 509 g/mol. The van der Waals surface area contributed by atoms with Gasteiger partial charge < -0.3 is 20.5 Å². The van der Waals surface area contributed by atoms with Gasteiger partial charge in [-0.15, -0.1) is 0 Å². The Morgan fingerprint density at radius 3 is 2.50 bits per heavy atom. The molecule has 1 aromatic heterocycles. The van der Waals surface area contributed by atoms with Crippen LogP contribution >= 0.6 is 11.6 Å². The summed E-state index contributed by atoms with van der Waals surface area (Å²) < 4.78 is 1.92. The predicted octanol–water partition coefficient (Wildman–Crippen LogP) is 5.76. The number of halogens is 1. The third-order valence-electron chi connectivity index (χ3n) is 7.10. The summed E-state index contributed by atoms with van der Waals surface area (Å²) in [6.07, 6.45) is 4.47. The number of para-hydroxylation sites is 1. The molecule has 1 heterocycles. The monoisotopic (exact) mass is 508 g/mol. The van der Waals surface area contributed by atoms with E-state index in [1.54, 1.807) is 0 Å². The summed E-state index contributed by atoms with van der Waals surface area (Å²) in [4.78, 5) is 26.7. The van der Waals surface area contributed by atoms with Crippen molar-refractivity contribution in [3.63, 3.8) is 0 Å². The summed E-state index contributed by atoms with van der Waals surface area (Å²) >= 11 is 6.00. The zero-order valence-corrected chi connectivity index (χ0v) is 22.1. The number of nitrogens with zero attached hydrogens (tertiary/aromatic N) is 1. The fourth-order valence-electron chi connectivity index (χ4n) is 5.25. The minimum atomic E-state index is -0.234. The number of aryl methyl sites for hydroxylation is 1. The fourth-order valence-corrected chi connectivity index (χ4v) is 5.37. The predicted molar refractivity (Wildman–Crippen MR) is 147 cm³/mol. The summed E-state index contributed by atoms with van der Waals surface area (Å²) in [6, 6.07) is 17.3. The number of rotatable bonds is 9. The molecular formula is C29H37ClN4O2. The van der Waals surface area contributed by atoms with Gasteiger partial charge >= 0.3 is 0 Å². The van der Waals surface area contributed by atoms with E-state index in [-0.39, 0.29) is 29.8 Å². The van der Waals surface area contributed by atoms with Crippen LogP contribution in [-0.4, -0.2) is 35.0 Å². The van der Waals surface area contributed by atoms with Crippen molar-refractivity contribution in [1.82, 2.24) is 15.2 Å². The molecular weight excluding hydrogens is 472 g/mol. The molecule has 192 valence electrons. The molecule has 4 rings (SSSR count). The van der Waals surface area contributed by atoms with Crippen LogP contribution in [0.4, 0.5) is 5.69 Å². The van der Waals surface area contributed by atoms with Crippen LogP contribution in [0, 0.1) is 11.8 Å². The maximum atomic E-state index is 13.5. The maximum absolute atomic E-state index is 13.5. The molecule has 1 aliphatic rings. The molecule has 0 saturated heterocycles. The van der Waals surface area contributed by atoms with Gasteiger partial charge in [-0.05, 0) is 61.6 Å². The van der Waals surface area contributed by atoms with Crippen LogP contribution in [0.15, 0.2) is 54.6 Å².